The number of hydrogen-bond acceptors (Lipinski definition) is 4. The van der Waals surface area contributed by atoms with Gasteiger partial charge in [0, 0.05) is 45.7 Å². The van der Waals surface area contributed by atoms with Crippen LogP contribution in [0.5, 0.6) is 11.5 Å². The fraction of sp³-hybridized carbons (Fsp3) is 0.357. The van der Waals surface area contributed by atoms with E-state index in [-0.39, 0.29) is 0 Å². The monoisotopic (exact) mass is 430 g/mol. The molecule has 4 rings (SSSR count). The van der Waals surface area contributed by atoms with Crippen LogP contribution < -0.4 is 9.47 Å². The van der Waals surface area contributed by atoms with Crippen LogP contribution in [0.1, 0.15) is 23.1 Å². The zero-order valence-corrected chi connectivity index (χ0v) is 19.1. The highest BCUT2D eigenvalue weighted by atomic mass is 16.5. The van der Waals surface area contributed by atoms with Crippen LogP contribution in [0.25, 0.3) is 0 Å². The Morgan fingerprint density at radius 3 is 2.16 bits per heavy atom. The third-order valence-electron chi connectivity index (χ3n) is 6.12. The summed E-state index contributed by atoms with van der Waals surface area (Å²) in [4.78, 5) is 5.10. The van der Waals surface area contributed by atoms with Crippen molar-refractivity contribution < 1.29 is 9.47 Å². The molecule has 168 valence electrons. The molecule has 1 heterocycles. The lowest BCUT2D eigenvalue weighted by atomic mass is 10.0. The maximum Gasteiger partial charge on any atom is 0.122 e. The molecule has 0 spiro atoms. The van der Waals surface area contributed by atoms with E-state index in [4.69, 9.17) is 9.47 Å². The third-order valence-corrected chi connectivity index (χ3v) is 6.12. The molecule has 0 aliphatic carbocycles. The van der Waals surface area contributed by atoms with Gasteiger partial charge in [0.1, 0.15) is 11.5 Å². The standard InChI is InChI=1S/C28H34N2O2/c1-31-27-14-12-25(13-15-27)23-30-19-17-29(18-20-30)16-7-21-32-28-11-6-5-10-26(28)22-24-8-3-2-4-9-24/h2-6,8-15H,7,16-23H2,1H3. The van der Waals surface area contributed by atoms with Crippen molar-refractivity contribution in [3.63, 3.8) is 0 Å². The molecule has 0 unspecified atom stereocenters. The summed E-state index contributed by atoms with van der Waals surface area (Å²) in [5, 5.41) is 0. The van der Waals surface area contributed by atoms with E-state index in [1.54, 1.807) is 7.11 Å². The second-order valence-corrected chi connectivity index (χ2v) is 8.44. The minimum atomic E-state index is 0.762. The summed E-state index contributed by atoms with van der Waals surface area (Å²) in [6.07, 6.45) is 1.96. The number of hydrogen-bond donors (Lipinski definition) is 0. The first-order valence-corrected chi connectivity index (χ1v) is 11.6. The number of nitrogens with zero attached hydrogens (tertiary/aromatic N) is 2. The van der Waals surface area contributed by atoms with Gasteiger partial charge in [-0.25, -0.2) is 0 Å². The smallest absolute Gasteiger partial charge is 0.122 e. The molecule has 1 aliphatic rings. The summed E-state index contributed by atoms with van der Waals surface area (Å²) < 4.78 is 11.4. The van der Waals surface area contributed by atoms with Crippen molar-refractivity contribution in [2.45, 2.75) is 19.4 Å². The van der Waals surface area contributed by atoms with Crippen molar-refractivity contribution in [1.82, 2.24) is 9.80 Å². The normalized spacial score (nSPS) is 14.9. The molecule has 32 heavy (non-hydrogen) atoms. The van der Waals surface area contributed by atoms with Gasteiger partial charge in [-0.3, -0.25) is 4.90 Å². The molecular formula is C28H34N2O2. The van der Waals surface area contributed by atoms with Crippen molar-refractivity contribution in [3.05, 3.63) is 95.6 Å². The molecule has 3 aromatic carbocycles. The van der Waals surface area contributed by atoms with Gasteiger partial charge in [-0.1, -0.05) is 60.7 Å². The Labute approximate surface area is 192 Å². The van der Waals surface area contributed by atoms with E-state index in [1.807, 2.05) is 12.1 Å². The number of methoxy groups -OCH3 is 1. The molecule has 0 radical (unpaired) electrons. The van der Waals surface area contributed by atoms with Crippen LogP contribution in [0.4, 0.5) is 0 Å². The minimum Gasteiger partial charge on any atom is -0.497 e. The Morgan fingerprint density at radius 1 is 0.719 bits per heavy atom. The Morgan fingerprint density at radius 2 is 1.41 bits per heavy atom. The van der Waals surface area contributed by atoms with Crippen LogP contribution in [-0.4, -0.2) is 56.2 Å². The highest BCUT2D eigenvalue weighted by Crippen LogP contribution is 2.21. The topological polar surface area (TPSA) is 24.9 Å². The van der Waals surface area contributed by atoms with Gasteiger partial charge in [0.15, 0.2) is 0 Å². The molecule has 0 saturated carbocycles. The number of ether oxygens (including phenoxy) is 2. The number of rotatable bonds is 10. The first-order valence-electron chi connectivity index (χ1n) is 11.6. The lowest BCUT2D eigenvalue weighted by Gasteiger charge is -2.34. The molecule has 0 bridgehead atoms. The average Bonchev–Trinajstić information content (AvgIpc) is 2.85. The summed E-state index contributed by atoms with van der Waals surface area (Å²) in [5.41, 5.74) is 3.92. The predicted molar refractivity (Wildman–Crippen MR) is 131 cm³/mol. The maximum atomic E-state index is 6.17. The van der Waals surface area contributed by atoms with Gasteiger partial charge < -0.3 is 14.4 Å². The molecule has 0 amide bonds. The zero-order chi connectivity index (χ0) is 22.0. The van der Waals surface area contributed by atoms with E-state index in [2.05, 4.69) is 76.5 Å². The van der Waals surface area contributed by atoms with Crippen LogP contribution in [0.15, 0.2) is 78.9 Å². The van der Waals surface area contributed by atoms with E-state index in [0.29, 0.717) is 0 Å². The second kappa shape index (κ2) is 11.7. The summed E-state index contributed by atoms with van der Waals surface area (Å²) in [6.45, 7) is 7.36. The maximum absolute atomic E-state index is 6.17. The SMILES string of the molecule is COc1ccc(CN2CCN(CCCOc3ccccc3Cc3ccccc3)CC2)cc1. The highest BCUT2D eigenvalue weighted by Gasteiger charge is 2.16. The molecule has 0 atom stereocenters. The second-order valence-electron chi connectivity index (χ2n) is 8.44. The van der Waals surface area contributed by atoms with Crippen molar-refractivity contribution in [2.75, 3.05) is 46.4 Å². The molecule has 4 nitrogen and oxygen atoms in total. The fourth-order valence-electron chi connectivity index (χ4n) is 4.24. The average molecular weight is 431 g/mol. The van der Waals surface area contributed by atoms with Crippen molar-refractivity contribution >= 4 is 0 Å². The van der Waals surface area contributed by atoms with E-state index >= 15 is 0 Å². The van der Waals surface area contributed by atoms with Gasteiger partial charge in [0.25, 0.3) is 0 Å². The molecule has 1 aliphatic heterocycles. The zero-order valence-electron chi connectivity index (χ0n) is 19.1. The predicted octanol–water partition coefficient (Wildman–Crippen LogP) is 4.87. The molecule has 4 heteroatoms. The Kier molecular flexibility index (Phi) is 8.18. The van der Waals surface area contributed by atoms with E-state index in [0.717, 1.165) is 70.2 Å². The molecule has 0 N–H and O–H groups in total. The molecule has 1 saturated heterocycles. The molecular weight excluding hydrogens is 396 g/mol. The third kappa shape index (κ3) is 6.59. The van der Waals surface area contributed by atoms with Crippen LogP contribution in [-0.2, 0) is 13.0 Å². The quantitative estimate of drug-likeness (QED) is 0.428. The molecule has 1 fully saturated rings. The first kappa shape index (κ1) is 22.4. The lowest BCUT2D eigenvalue weighted by molar-refractivity contribution is 0.121. The van der Waals surface area contributed by atoms with Gasteiger partial charge in [-0.05, 0) is 41.3 Å². The Balaban J connectivity index is 1.16. The van der Waals surface area contributed by atoms with E-state index in [1.165, 1.54) is 16.7 Å². The van der Waals surface area contributed by atoms with Crippen LogP contribution in [0, 0.1) is 0 Å². The van der Waals surface area contributed by atoms with Crippen molar-refractivity contribution in [3.8, 4) is 11.5 Å². The van der Waals surface area contributed by atoms with Gasteiger partial charge in [-0.2, -0.15) is 0 Å². The van der Waals surface area contributed by atoms with Crippen molar-refractivity contribution in [1.29, 1.82) is 0 Å². The van der Waals surface area contributed by atoms with Crippen LogP contribution in [0.2, 0.25) is 0 Å². The fourth-order valence-corrected chi connectivity index (χ4v) is 4.24. The van der Waals surface area contributed by atoms with Crippen LogP contribution in [0.3, 0.4) is 0 Å². The van der Waals surface area contributed by atoms with Gasteiger partial charge in [0.05, 0.1) is 13.7 Å². The minimum absolute atomic E-state index is 0.762. The summed E-state index contributed by atoms with van der Waals surface area (Å²) in [7, 11) is 1.71. The Hall–Kier alpha value is -2.82. The van der Waals surface area contributed by atoms with Gasteiger partial charge in [-0.15, -0.1) is 0 Å². The largest absolute Gasteiger partial charge is 0.497 e. The van der Waals surface area contributed by atoms with Gasteiger partial charge >= 0.3 is 0 Å². The highest BCUT2D eigenvalue weighted by molar-refractivity contribution is 5.37. The van der Waals surface area contributed by atoms with E-state index in [9.17, 15) is 0 Å². The summed E-state index contributed by atoms with van der Waals surface area (Å²) in [6, 6.07) is 27.4. The molecule has 3 aromatic rings. The van der Waals surface area contributed by atoms with Gasteiger partial charge in [0.2, 0.25) is 0 Å². The summed E-state index contributed by atoms with van der Waals surface area (Å²) in [5.74, 6) is 1.93. The number of piperazine rings is 1. The summed E-state index contributed by atoms with van der Waals surface area (Å²) >= 11 is 0. The van der Waals surface area contributed by atoms with E-state index < -0.39 is 0 Å². The molecule has 0 aromatic heterocycles. The lowest BCUT2D eigenvalue weighted by Crippen LogP contribution is -2.46. The number of benzene rings is 3. The first-order chi connectivity index (χ1) is 15.8. The van der Waals surface area contributed by atoms with Crippen molar-refractivity contribution in [2.24, 2.45) is 0 Å². The van der Waals surface area contributed by atoms with Crippen LogP contribution >= 0.6 is 0 Å². The Bertz CT molecular complexity index is 935. The number of para-hydroxylation sites is 1.